The van der Waals surface area contributed by atoms with E-state index in [0.717, 1.165) is 11.1 Å². The summed E-state index contributed by atoms with van der Waals surface area (Å²) in [4.78, 5) is 0.159. The second-order valence-corrected chi connectivity index (χ2v) is 8.61. The standard InChI is InChI=1S/C22H22ClNO3S/c1-2-27-22-15-20(13-14-21(22)23)28(25,26)24(16-18-9-5-3-6-10-18)17-19-11-7-4-8-12-19/h3-15H,2,16-17H2,1H3. The molecule has 0 aliphatic rings. The zero-order valence-corrected chi connectivity index (χ0v) is 17.2. The molecule has 0 saturated heterocycles. The van der Waals surface area contributed by atoms with E-state index in [2.05, 4.69) is 0 Å². The highest BCUT2D eigenvalue weighted by atomic mass is 35.5. The predicted molar refractivity (Wildman–Crippen MR) is 112 cm³/mol. The van der Waals surface area contributed by atoms with Crippen molar-refractivity contribution in [3.05, 3.63) is 95.0 Å². The molecule has 0 aliphatic carbocycles. The lowest BCUT2D eigenvalue weighted by Crippen LogP contribution is -2.30. The maximum Gasteiger partial charge on any atom is 0.243 e. The summed E-state index contributed by atoms with van der Waals surface area (Å²) >= 11 is 6.13. The van der Waals surface area contributed by atoms with E-state index in [4.69, 9.17) is 16.3 Å². The molecule has 0 spiro atoms. The van der Waals surface area contributed by atoms with Crippen LogP contribution in [0.15, 0.2) is 83.8 Å². The Hall–Kier alpha value is -2.34. The molecule has 0 amide bonds. The summed E-state index contributed by atoms with van der Waals surface area (Å²) in [6.45, 7) is 2.77. The predicted octanol–water partition coefficient (Wildman–Crippen LogP) is 5.13. The number of benzene rings is 3. The van der Waals surface area contributed by atoms with Gasteiger partial charge in [0.25, 0.3) is 0 Å². The fraction of sp³-hybridized carbons (Fsp3) is 0.182. The first kappa shape index (κ1) is 20.4. The zero-order chi connectivity index (χ0) is 20.0. The number of nitrogens with zero attached hydrogens (tertiary/aromatic N) is 1. The summed E-state index contributed by atoms with van der Waals surface area (Å²) in [6.07, 6.45) is 0. The number of sulfonamides is 1. The maximum atomic E-state index is 13.4. The third kappa shape index (κ3) is 4.93. The van der Waals surface area contributed by atoms with Crippen molar-refractivity contribution in [3.63, 3.8) is 0 Å². The van der Waals surface area contributed by atoms with Crippen LogP contribution in [0.2, 0.25) is 5.02 Å². The molecule has 4 nitrogen and oxygen atoms in total. The van der Waals surface area contributed by atoms with E-state index in [-0.39, 0.29) is 18.0 Å². The van der Waals surface area contributed by atoms with Crippen LogP contribution in [0, 0.1) is 0 Å². The van der Waals surface area contributed by atoms with Gasteiger partial charge in [-0.05, 0) is 30.2 Å². The van der Waals surface area contributed by atoms with Gasteiger partial charge in [0, 0.05) is 19.2 Å². The van der Waals surface area contributed by atoms with Crippen LogP contribution in [0.3, 0.4) is 0 Å². The molecular formula is C22H22ClNO3S. The van der Waals surface area contributed by atoms with Crippen molar-refractivity contribution in [1.82, 2.24) is 4.31 Å². The first-order valence-electron chi connectivity index (χ1n) is 9.01. The number of ether oxygens (including phenoxy) is 1. The van der Waals surface area contributed by atoms with Gasteiger partial charge in [-0.3, -0.25) is 0 Å². The lowest BCUT2D eigenvalue weighted by atomic mass is 10.2. The number of hydrogen-bond donors (Lipinski definition) is 0. The highest BCUT2D eigenvalue weighted by Gasteiger charge is 2.26. The second-order valence-electron chi connectivity index (χ2n) is 6.27. The van der Waals surface area contributed by atoms with Crippen molar-refractivity contribution in [3.8, 4) is 5.75 Å². The highest BCUT2D eigenvalue weighted by molar-refractivity contribution is 7.89. The van der Waals surface area contributed by atoms with Crippen LogP contribution in [0.5, 0.6) is 5.75 Å². The summed E-state index contributed by atoms with van der Waals surface area (Å²) in [6, 6.07) is 23.7. The van der Waals surface area contributed by atoms with Gasteiger partial charge in [0.15, 0.2) is 0 Å². The number of hydrogen-bond acceptors (Lipinski definition) is 3. The van der Waals surface area contributed by atoms with Crippen molar-refractivity contribution in [2.24, 2.45) is 0 Å². The molecule has 0 unspecified atom stereocenters. The summed E-state index contributed by atoms with van der Waals surface area (Å²) in [5.74, 6) is 0.365. The molecule has 0 fully saturated rings. The Bertz CT molecular complexity index is 967. The lowest BCUT2D eigenvalue weighted by molar-refractivity contribution is 0.339. The monoisotopic (exact) mass is 415 g/mol. The van der Waals surface area contributed by atoms with Crippen LogP contribution in [-0.4, -0.2) is 19.3 Å². The Morgan fingerprint density at radius 1 is 0.857 bits per heavy atom. The Morgan fingerprint density at radius 2 is 1.39 bits per heavy atom. The quantitative estimate of drug-likeness (QED) is 0.512. The van der Waals surface area contributed by atoms with Gasteiger partial charge in [0.2, 0.25) is 10.0 Å². The third-order valence-electron chi connectivity index (χ3n) is 4.24. The molecule has 6 heteroatoms. The van der Waals surface area contributed by atoms with Crippen molar-refractivity contribution < 1.29 is 13.2 Å². The molecule has 3 aromatic rings. The maximum absolute atomic E-state index is 13.4. The zero-order valence-electron chi connectivity index (χ0n) is 15.6. The molecule has 3 rings (SSSR count). The lowest BCUT2D eigenvalue weighted by Gasteiger charge is -2.23. The average Bonchev–Trinajstić information content (AvgIpc) is 2.71. The first-order valence-corrected chi connectivity index (χ1v) is 10.8. The van der Waals surface area contributed by atoms with Crippen molar-refractivity contribution in [2.75, 3.05) is 6.61 Å². The molecule has 0 heterocycles. The van der Waals surface area contributed by atoms with E-state index in [9.17, 15) is 8.42 Å². The van der Waals surface area contributed by atoms with Crippen molar-refractivity contribution in [1.29, 1.82) is 0 Å². The van der Waals surface area contributed by atoms with Crippen LogP contribution >= 0.6 is 11.6 Å². The number of halogens is 1. The van der Waals surface area contributed by atoms with Crippen LogP contribution in [0.4, 0.5) is 0 Å². The average molecular weight is 416 g/mol. The Kier molecular flexibility index (Phi) is 6.73. The number of rotatable bonds is 8. The molecular weight excluding hydrogens is 394 g/mol. The van der Waals surface area contributed by atoms with Gasteiger partial charge in [-0.2, -0.15) is 4.31 Å². The summed E-state index contributed by atoms with van der Waals surface area (Å²) in [7, 11) is -3.76. The van der Waals surface area contributed by atoms with E-state index in [1.165, 1.54) is 16.4 Å². The molecule has 0 N–H and O–H groups in total. The summed E-state index contributed by atoms with van der Waals surface area (Å²) in [5, 5.41) is 0.387. The van der Waals surface area contributed by atoms with Gasteiger partial charge in [0.05, 0.1) is 16.5 Å². The largest absolute Gasteiger partial charge is 0.492 e. The van der Waals surface area contributed by atoms with Crippen LogP contribution < -0.4 is 4.74 Å². The Morgan fingerprint density at radius 3 is 1.89 bits per heavy atom. The van der Waals surface area contributed by atoms with Crippen LogP contribution in [0.25, 0.3) is 0 Å². The van der Waals surface area contributed by atoms with E-state index >= 15 is 0 Å². The molecule has 0 radical (unpaired) electrons. The van der Waals surface area contributed by atoms with E-state index < -0.39 is 10.0 Å². The molecule has 28 heavy (non-hydrogen) atoms. The Balaban J connectivity index is 1.98. The molecule has 0 aliphatic heterocycles. The molecule has 0 bridgehead atoms. The van der Waals surface area contributed by atoms with Gasteiger partial charge in [0.1, 0.15) is 5.75 Å². The molecule has 0 atom stereocenters. The SMILES string of the molecule is CCOc1cc(S(=O)(=O)N(Cc2ccccc2)Cc2ccccc2)ccc1Cl. The van der Waals surface area contributed by atoms with E-state index in [0.29, 0.717) is 17.4 Å². The van der Waals surface area contributed by atoms with Crippen LogP contribution in [0.1, 0.15) is 18.1 Å². The van der Waals surface area contributed by atoms with Gasteiger partial charge in [-0.1, -0.05) is 72.3 Å². The smallest absolute Gasteiger partial charge is 0.243 e. The molecule has 3 aromatic carbocycles. The van der Waals surface area contributed by atoms with E-state index in [1.54, 1.807) is 6.07 Å². The highest BCUT2D eigenvalue weighted by Crippen LogP contribution is 2.30. The second kappa shape index (κ2) is 9.24. The topological polar surface area (TPSA) is 46.6 Å². The van der Waals surface area contributed by atoms with Gasteiger partial charge in [-0.25, -0.2) is 8.42 Å². The van der Waals surface area contributed by atoms with Gasteiger partial charge in [-0.15, -0.1) is 0 Å². The van der Waals surface area contributed by atoms with E-state index in [1.807, 2.05) is 67.6 Å². The summed E-state index contributed by atoms with van der Waals surface area (Å²) in [5.41, 5.74) is 1.84. The first-order chi connectivity index (χ1) is 13.5. The van der Waals surface area contributed by atoms with Crippen molar-refractivity contribution in [2.45, 2.75) is 24.9 Å². The molecule has 146 valence electrons. The fourth-order valence-corrected chi connectivity index (χ4v) is 4.46. The minimum absolute atomic E-state index is 0.159. The minimum Gasteiger partial charge on any atom is -0.492 e. The normalized spacial score (nSPS) is 11.5. The van der Waals surface area contributed by atoms with Crippen molar-refractivity contribution >= 4 is 21.6 Å². The fourth-order valence-electron chi connectivity index (χ4n) is 2.86. The Labute approximate surface area is 171 Å². The van der Waals surface area contributed by atoms with Crippen LogP contribution in [-0.2, 0) is 23.1 Å². The summed E-state index contributed by atoms with van der Waals surface area (Å²) < 4.78 is 33.8. The minimum atomic E-state index is -3.76. The van der Waals surface area contributed by atoms with Gasteiger partial charge >= 0.3 is 0 Å². The third-order valence-corrected chi connectivity index (χ3v) is 6.34. The molecule has 0 saturated carbocycles. The van der Waals surface area contributed by atoms with Gasteiger partial charge < -0.3 is 4.74 Å². The molecule has 0 aromatic heterocycles.